The SMILES string of the molecule is CCn1c(C(=O)Nc2ccc(C3CCN(C(=O)CC(C)(C)C(=O)O)CC3)cc2)cc2c1C=CCC2C. The van der Waals surface area contributed by atoms with Gasteiger partial charge >= 0.3 is 5.97 Å². The number of allylic oxidation sites excluding steroid dienone is 1. The number of aliphatic carboxylic acids is 1. The average molecular weight is 492 g/mol. The molecule has 2 aliphatic rings. The summed E-state index contributed by atoms with van der Waals surface area (Å²) in [4.78, 5) is 38.8. The predicted octanol–water partition coefficient (Wildman–Crippen LogP) is 5.49. The third-order valence-electron chi connectivity index (χ3n) is 7.67. The number of rotatable bonds is 7. The van der Waals surface area contributed by atoms with E-state index in [-0.39, 0.29) is 18.2 Å². The number of amides is 2. The second kappa shape index (κ2) is 10.3. The zero-order valence-electron chi connectivity index (χ0n) is 21.7. The first-order valence-corrected chi connectivity index (χ1v) is 12.9. The number of carboxylic acid groups (broad SMARTS) is 1. The Bertz CT molecular complexity index is 1170. The number of benzene rings is 1. The van der Waals surface area contributed by atoms with E-state index in [9.17, 15) is 19.5 Å². The van der Waals surface area contributed by atoms with Crippen LogP contribution in [0, 0.1) is 5.41 Å². The van der Waals surface area contributed by atoms with Crippen LogP contribution in [0.15, 0.2) is 36.4 Å². The van der Waals surface area contributed by atoms with Gasteiger partial charge in [-0.1, -0.05) is 25.1 Å². The largest absolute Gasteiger partial charge is 0.481 e. The van der Waals surface area contributed by atoms with Gasteiger partial charge in [-0.3, -0.25) is 14.4 Å². The summed E-state index contributed by atoms with van der Waals surface area (Å²) in [5, 5.41) is 12.4. The Labute approximate surface area is 213 Å². The van der Waals surface area contributed by atoms with Crippen molar-refractivity contribution in [2.75, 3.05) is 18.4 Å². The van der Waals surface area contributed by atoms with E-state index in [0.29, 0.717) is 30.6 Å². The molecule has 4 rings (SSSR count). The van der Waals surface area contributed by atoms with E-state index >= 15 is 0 Å². The maximum atomic E-state index is 13.1. The molecule has 1 aromatic carbocycles. The molecule has 2 heterocycles. The summed E-state index contributed by atoms with van der Waals surface area (Å²) in [5.41, 5.74) is 3.95. The molecule has 1 aliphatic carbocycles. The Kier molecular flexibility index (Phi) is 7.38. The second-order valence-electron chi connectivity index (χ2n) is 10.8. The topological polar surface area (TPSA) is 91.6 Å². The molecular weight excluding hydrogens is 454 g/mol. The molecule has 1 aromatic heterocycles. The van der Waals surface area contributed by atoms with Crippen LogP contribution < -0.4 is 5.32 Å². The van der Waals surface area contributed by atoms with Crippen molar-refractivity contribution in [3.63, 3.8) is 0 Å². The lowest BCUT2D eigenvalue weighted by atomic mass is 9.86. The van der Waals surface area contributed by atoms with Crippen molar-refractivity contribution in [2.24, 2.45) is 5.41 Å². The number of aromatic nitrogens is 1. The number of nitrogens with zero attached hydrogens (tertiary/aromatic N) is 2. The Morgan fingerprint density at radius 1 is 1.11 bits per heavy atom. The van der Waals surface area contributed by atoms with E-state index < -0.39 is 11.4 Å². The Morgan fingerprint density at radius 2 is 1.78 bits per heavy atom. The highest BCUT2D eigenvalue weighted by Crippen LogP contribution is 2.33. The fourth-order valence-electron chi connectivity index (χ4n) is 5.27. The van der Waals surface area contributed by atoms with Crippen LogP contribution in [0.4, 0.5) is 5.69 Å². The van der Waals surface area contributed by atoms with Gasteiger partial charge in [0.1, 0.15) is 5.69 Å². The van der Waals surface area contributed by atoms with Gasteiger partial charge in [-0.25, -0.2) is 0 Å². The molecule has 1 atom stereocenters. The molecule has 2 aromatic rings. The number of likely N-dealkylation sites (tertiary alicyclic amines) is 1. The zero-order valence-corrected chi connectivity index (χ0v) is 21.7. The van der Waals surface area contributed by atoms with Gasteiger partial charge in [-0.15, -0.1) is 0 Å². The summed E-state index contributed by atoms with van der Waals surface area (Å²) >= 11 is 0. The molecule has 7 nitrogen and oxygen atoms in total. The smallest absolute Gasteiger partial charge is 0.309 e. The van der Waals surface area contributed by atoms with Crippen molar-refractivity contribution in [2.45, 2.75) is 71.8 Å². The van der Waals surface area contributed by atoms with Crippen molar-refractivity contribution in [1.29, 1.82) is 0 Å². The number of nitrogens with one attached hydrogen (secondary N) is 1. The summed E-state index contributed by atoms with van der Waals surface area (Å²) in [6, 6.07) is 10.0. The molecule has 2 amide bonds. The van der Waals surface area contributed by atoms with Crippen LogP contribution in [0.3, 0.4) is 0 Å². The quantitative estimate of drug-likeness (QED) is 0.536. The zero-order chi connectivity index (χ0) is 26.0. The third kappa shape index (κ3) is 5.25. The van der Waals surface area contributed by atoms with Crippen molar-refractivity contribution in [3.8, 4) is 0 Å². The standard InChI is InChI=1S/C29H37N3O4/c1-5-32-24-8-6-7-19(2)23(24)17-25(32)27(34)30-22-11-9-20(10-12-22)21-13-15-31(16-14-21)26(33)18-29(3,4)28(35)36/h6,8-12,17,19,21H,5,7,13-16,18H2,1-4H3,(H,30,34)(H,35,36). The van der Waals surface area contributed by atoms with Crippen LogP contribution in [0.1, 0.15) is 92.5 Å². The number of fused-ring (bicyclic) bond motifs is 1. The van der Waals surface area contributed by atoms with Crippen molar-refractivity contribution < 1.29 is 19.5 Å². The van der Waals surface area contributed by atoms with Crippen LogP contribution in [-0.2, 0) is 16.1 Å². The summed E-state index contributed by atoms with van der Waals surface area (Å²) < 4.78 is 2.08. The highest BCUT2D eigenvalue weighted by atomic mass is 16.4. The van der Waals surface area contributed by atoms with Crippen LogP contribution in [-0.4, -0.2) is 45.4 Å². The van der Waals surface area contributed by atoms with Crippen molar-refractivity contribution in [1.82, 2.24) is 9.47 Å². The first kappa shape index (κ1) is 25.7. The number of hydrogen-bond acceptors (Lipinski definition) is 3. The molecule has 7 heteroatoms. The first-order valence-electron chi connectivity index (χ1n) is 12.9. The molecule has 0 bridgehead atoms. The molecule has 0 saturated carbocycles. The molecule has 192 valence electrons. The maximum absolute atomic E-state index is 13.1. The first-order chi connectivity index (χ1) is 17.1. The molecule has 1 fully saturated rings. The molecule has 0 radical (unpaired) electrons. The lowest BCUT2D eigenvalue weighted by Gasteiger charge is -2.34. The predicted molar refractivity (Wildman–Crippen MR) is 141 cm³/mol. The van der Waals surface area contributed by atoms with Gasteiger partial charge in [-0.2, -0.15) is 0 Å². The van der Waals surface area contributed by atoms with Crippen LogP contribution in [0.25, 0.3) is 6.08 Å². The van der Waals surface area contributed by atoms with Crippen LogP contribution in [0.5, 0.6) is 0 Å². The molecule has 1 saturated heterocycles. The fraction of sp³-hybridized carbons (Fsp3) is 0.483. The number of piperidine rings is 1. The summed E-state index contributed by atoms with van der Waals surface area (Å²) in [6.45, 7) is 9.43. The molecule has 36 heavy (non-hydrogen) atoms. The minimum Gasteiger partial charge on any atom is -0.481 e. The van der Waals surface area contributed by atoms with Crippen LogP contribution >= 0.6 is 0 Å². The molecule has 1 aliphatic heterocycles. The Hall–Kier alpha value is -3.35. The van der Waals surface area contributed by atoms with E-state index in [1.54, 1.807) is 18.7 Å². The van der Waals surface area contributed by atoms with Gasteiger partial charge in [0, 0.05) is 37.4 Å². The number of anilines is 1. The maximum Gasteiger partial charge on any atom is 0.309 e. The highest BCUT2D eigenvalue weighted by molar-refractivity contribution is 6.03. The fourth-order valence-corrected chi connectivity index (χ4v) is 5.27. The number of carbonyl (C=O) groups is 3. The van der Waals surface area contributed by atoms with E-state index in [2.05, 4.69) is 48.0 Å². The van der Waals surface area contributed by atoms with Gasteiger partial charge in [-0.05, 0) is 87.3 Å². The third-order valence-corrected chi connectivity index (χ3v) is 7.67. The monoisotopic (exact) mass is 491 g/mol. The summed E-state index contributed by atoms with van der Waals surface area (Å²) in [7, 11) is 0. The average Bonchev–Trinajstić information content (AvgIpc) is 3.24. The van der Waals surface area contributed by atoms with E-state index in [1.807, 2.05) is 18.2 Å². The molecule has 1 unspecified atom stereocenters. The van der Waals surface area contributed by atoms with Gasteiger partial charge < -0.3 is 19.9 Å². The minimum absolute atomic E-state index is 0.0149. The normalized spacial score (nSPS) is 18.1. The minimum atomic E-state index is -1.05. The van der Waals surface area contributed by atoms with Crippen molar-refractivity contribution >= 4 is 29.5 Å². The number of carbonyl (C=O) groups excluding carboxylic acids is 2. The second-order valence-corrected chi connectivity index (χ2v) is 10.8. The highest BCUT2D eigenvalue weighted by Gasteiger charge is 2.33. The summed E-state index contributed by atoms with van der Waals surface area (Å²) in [6.07, 6.45) is 6.99. The van der Waals surface area contributed by atoms with Gasteiger partial charge in [0.25, 0.3) is 5.91 Å². The molecule has 0 spiro atoms. The Morgan fingerprint density at radius 3 is 2.39 bits per heavy atom. The van der Waals surface area contributed by atoms with Crippen molar-refractivity contribution in [3.05, 3.63) is 58.9 Å². The lowest BCUT2D eigenvalue weighted by molar-refractivity contribution is -0.151. The number of carboxylic acids is 1. The van der Waals surface area contributed by atoms with E-state index in [0.717, 1.165) is 37.2 Å². The van der Waals surface area contributed by atoms with Gasteiger partial charge in [0.05, 0.1) is 5.41 Å². The van der Waals surface area contributed by atoms with E-state index in [1.165, 1.54) is 11.1 Å². The number of hydrogen-bond donors (Lipinski definition) is 2. The lowest BCUT2D eigenvalue weighted by Crippen LogP contribution is -2.41. The van der Waals surface area contributed by atoms with Gasteiger partial charge in [0.15, 0.2) is 0 Å². The van der Waals surface area contributed by atoms with Crippen LogP contribution in [0.2, 0.25) is 0 Å². The molecular formula is C29H37N3O4. The molecule has 2 N–H and O–H groups in total. The Balaban J connectivity index is 1.36. The van der Waals surface area contributed by atoms with E-state index in [4.69, 9.17) is 0 Å². The summed E-state index contributed by atoms with van der Waals surface area (Å²) in [5.74, 6) is -0.401. The van der Waals surface area contributed by atoms with Gasteiger partial charge in [0.2, 0.25) is 5.91 Å².